The highest BCUT2D eigenvalue weighted by Crippen LogP contribution is 2.28. The first-order chi connectivity index (χ1) is 13.1. The normalized spacial score (nSPS) is 25.5. The molecule has 0 radical (unpaired) electrons. The van der Waals surface area contributed by atoms with Crippen LogP contribution >= 0.6 is 0 Å². The summed E-state index contributed by atoms with van der Waals surface area (Å²) < 4.78 is 10.8. The van der Waals surface area contributed by atoms with Gasteiger partial charge < -0.3 is 19.7 Å². The fourth-order valence-electron chi connectivity index (χ4n) is 4.18. The van der Waals surface area contributed by atoms with E-state index in [0.717, 1.165) is 57.5 Å². The summed E-state index contributed by atoms with van der Waals surface area (Å²) in [6, 6.07) is 9.41. The number of aliphatic imine (C=N–C) groups is 1. The van der Waals surface area contributed by atoms with Crippen molar-refractivity contribution in [1.29, 1.82) is 0 Å². The second-order valence-corrected chi connectivity index (χ2v) is 7.64. The van der Waals surface area contributed by atoms with Gasteiger partial charge in [0.25, 0.3) is 0 Å². The number of hydrogen-bond acceptors (Lipinski definition) is 4. The van der Waals surface area contributed by atoms with Gasteiger partial charge in [0.2, 0.25) is 0 Å². The van der Waals surface area contributed by atoms with E-state index in [4.69, 9.17) is 9.47 Å². The summed E-state index contributed by atoms with van der Waals surface area (Å²) in [6.07, 6.45) is 1.16. The van der Waals surface area contributed by atoms with E-state index in [1.54, 1.807) is 7.11 Å². The van der Waals surface area contributed by atoms with Crippen LogP contribution in [0.25, 0.3) is 0 Å². The van der Waals surface area contributed by atoms with Gasteiger partial charge in [0.15, 0.2) is 5.96 Å². The van der Waals surface area contributed by atoms with Crippen LogP contribution in [-0.2, 0) is 4.74 Å². The van der Waals surface area contributed by atoms with Crippen molar-refractivity contribution in [2.24, 2.45) is 4.99 Å². The molecule has 1 aromatic carbocycles. The van der Waals surface area contributed by atoms with Crippen molar-refractivity contribution in [3.8, 4) is 5.75 Å². The number of rotatable bonds is 5. The number of ether oxygens (including phenoxy) is 2. The summed E-state index contributed by atoms with van der Waals surface area (Å²) in [7, 11) is 3.59. The van der Waals surface area contributed by atoms with Gasteiger partial charge >= 0.3 is 0 Å². The van der Waals surface area contributed by atoms with Gasteiger partial charge in [-0.3, -0.25) is 9.89 Å². The van der Waals surface area contributed by atoms with Gasteiger partial charge in [-0.25, -0.2) is 0 Å². The largest absolute Gasteiger partial charge is 0.497 e. The fraction of sp³-hybridized carbons (Fsp3) is 0.667. The highest BCUT2D eigenvalue weighted by molar-refractivity contribution is 5.80. The minimum Gasteiger partial charge on any atom is -0.497 e. The van der Waals surface area contributed by atoms with Crippen LogP contribution in [0.1, 0.15) is 31.7 Å². The van der Waals surface area contributed by atoms with Crippen molar-refractivity contribution in [1.82, 2.24) is 15.1 Å². The van der Waals surface area contributed by atoms with E-state index in [0.29, 0.717) is 18.0 Å². The van der Waals surface area contributed by atoms with Gasteiger partial charge in [-0.1, -0.05) is 12.1 Å². The van der Waals surface area contributed by atoms with Crippen molar-refractivity contribution >= 4 is 5.96 Å². The third-order valence-electron chi connectivity index (χ3n) is 5.83. The Hall–Kier alpha value is -1.79. The molecule has 27 heavy (non-hydrogen) atoms. The van der Waals surface area contributed by atoms with E-state index in [1.807, 2.05) is 7.05 Å². The minimum absolute atomic E-state index is 0.459. The Morgan fingerprint density at radius 3 is 2.78 bits per heavy atom. The molecule has 1 aromatic rings. The van der Waals surface area contributed by atoms with Crippen molar-refractivity contribution < 1.29 is 9.47 Å². The third kappa shape index (κ3) is 4.93. The molecule has 2 aliphatic heterocycles. The van der Waals surface area contributed by atoms with Crippen molar-refractivity contribution in [2.75, 3.05) is 53.6 Å². The maximum absolute atomic E-state index is 5.56. The van der Waals surface area contributed by atoms with Crippen LogP contribution in [0.15, 0.2) is 29.3 Å². The zero-order chi connectivity index (χ0) is 19.2. The van der Waals surface area contributed by atoms with Crippen molar-refractivity contribution in [3.05, 3.63) is 29.8 Å². The molecule has 0 spiro atoms. The van der Waals surface area contributed by atoms with Gasteiger partial charge in [-0.2, -0.15) is 0 Å². The standard InChI is InChI=1S/C21H34N4O2/c1-16(25-11-12-27-15-17(25)2)13-23-21(22-3)24-10-9-19(14-24)18-5-7-20(26-4)8-6-18/h5-8,16-17,19H,9-15H2,1-4H3,(H,22,23). The van der Waals surface area contributed by atoms with Crippen LogP contribution < -0.4 is 10.1 Å². The van der Waals surface area contributed by atoms with E-state index in [-0.39, 0.29) is 0 Å². The minimum atomic E-state index is 0.459. The molecule has 0 aliphatic carbocycles. The van der Waals surface area contributed by atoms with E-state index >= 15 is 0 Å². The number of morpholine rings is 1. The molecule has 2 fully saturated rings. The second kappa shape index (κ2) is 9.42. The maximum Gasteiger partial charge on any atom is 0.193 e. The molecule has 0 aromatic heterocycles. The Morgan fingerprint density at radius 1 is 1.33 bits per heavy atom. The van der Waals surface area contributed by atoms with Crippen LogP contribution in [-0.4, -0.2) is 81.4 Å². The number of hydrogen-bond donors (Lipinski definition) is 1. The van der Waals surface area contributed by atoms with E-state index < -0.39 is 0 Å². The van der Waals surface area contributed by atoms with Crippen LogP contribution in [0, 0.1) is 0 Å². The summed E-state index contributed by atoms with van der Waals surface area (Å²) in [6.45, 7) is 10.1. The average molecular weight is 375 g/mol. The molecule has 3 unspecified atom stereocenters. The number of guanidine groups is 1. The van der Waals surface area contributed by atoms with Gasteiger partial charge in [-0.15, -0.1) is 0 Å². The molecule has 2 heterocycles. The monoisotopic (exact) mass is 374 g/mol. The molecule has 6 nitrogen and oxygen atoms in total. The highest BCUT2D eigenvalue weighted by atomic mass is 16.5. The zero-order valence-electron chi connectivity index (χ0n) is 17.1. The van der Waals surface area contributed by atoms with Crippen molar-refractivity contribution in [2.45, 2.75) is 38.3 Å². The summed E-state index contributed by atoms with van der Waals surface area (Å²) in [5, 5.41) is 3.59. The number of benzene rings is 1. The van der Waals surface area contributed by atoms with Gasteiger partial charge in [0.05, 0.1) is 20.3 Å². The molecule has 1 N–H and O–H groups in total. The molecule has 3 atom stereocenters. The second-order valence-electron chi connectivity index (χ2n) is 7.64. The molecule has 3 rings (SSSR count). The Bertz CT molecular complexity index is 619. The molecule has 0 bridgehead atoms. The molecule has 0 amide bonds. The first kappa shape index (κ1) is 20.0. The van der Waals surface area contributed by atoms with Gasteiger partial charge in [0.1, 0.15) is 5.75 Å². The quantitative estimate of drug-likeness (QED) is 0.632. The first-order valence-corrected chi connectivity index (χ1v) is 10.1. The molecule has 150 valence electrons. The van der Waals surface area contributed by atoms with Gasteiger partial charge in [0, 0.05) is 51.2 Å². The predicted molar refractivity (Wildman–Crippen MR) is 110 cm³/mol. The Labute approximate surface area is 163 Å². The Balaban J connectivity index is 1.52. The fourth-order valence-corrected chi connectivity index (χ4v) is 4.18. The summed E-state index contributed by atoms with van der Waals surface area (Å²) in [5.74, 6) is 2.47. The topological polar surface area (TPSA) is 49.3 Å². The SMILES string of the molecule is CN=C(NCC(C)N1CCOCC1C)N1CCC(c2ccc(OC)cc2)C1. The summed E-state index contributed by atoms with van der Waals surface area (Å²) in [4.78, 5) is 9.43. The third-order valence-corrected chi connectivity index (χ3v) is 5.83. The van der Waals surface area contributed by atoms with Crippen LogP contribution in [0.5, 0.6) is 5.75 Å². The smallest absolute Gasteiger partial charge is 0.193 e. The first-order valence-electron chi connectivity index (χ1n) is 10.1. The lowest BCUT2D eigenvalue weighted by molar-refractivity contribution is -0.0174. The number of methoxy groups -OCH3 is 1. The van der Waals surface area contributed by atoms with Crippen LogP contribution in [0.2, 0.25) is 0 Å². The zero-order valence-corrected chi connectivity index (χ0v) is 17.1. The van der Waals surface area contributed by atoms with Crippen LogP contribution in [0.4, 0.5) is 0 Å². The lowest BCUT2D eigenvalue weighted by atomic mass is 9.98. The molecular weight excluding hydrogens is 340 g/mol. The molecule has 6 heteroatoms. The van der Waals surface area contributed by atoms with Crippen LogP contribution in [0.3, 0.4) is 0 Å². The lowest BCUT2D eigenvalue weighted by Crippen LogP contribution is -2.53. The molecule has 0 saturated carbocycles. The number of nitrogens with zero attached hydrogens (tertiary/aromatic N) is 3. The lowest BCUT2D eigenvalue weighted by Gasteiger charge is -2.38. The summed E-state index contributed by atoms with van der Waals surface area (Å²) in [5.41, 5.74) is 1.38. The Morgan fingerprint density at radius 2 is 2.11 bits per heavy atom. The van der Waals surface area contributed by atoms with E-state index in [1.165, 1.54) is 5.56 Å². The average Bonchev–Trinajstić information content (AvgIpc) is 3.18. The van der Waals surface area contributed by atoms with Gasteiger partial charge in [-0.05, 0) is 38.0 Å². The van der Waals surface area contributed by atoms with E-state index in [9.17, 15) is 0 Å². The summed E-state index contributed by atoms with van der Waals surface area (Å²) >= 11 is 0. The van der Waals surface area contributed by atoms with E-state index in [2.05, 4.69) is 58.2 Å². The molecular formula is C21H34N4O2. The van der Waals surface area contributed by atoms with Crippen molar-refractivity contribution in [3.63, 3.8) is 0 Å². The molecule has 2 aliphatic rings. The highest BCUT2D eigenvalue weighted by Gasteiger charge is 2.27. The number of likely N-dealkylation sites (tertiary alicyclic amines) is 1. The Kier molecular flexibility index (Phi) is 6.96. The number of nitrogens with one attached hydrogen (secondary N) is 1. The molecule has 2 saturated heterocycles. The maximum atomic E-state index is 5.56. The predicted octanol–water partition coefficient (Wildman–Crippen LogP) is 2.17.